The first-order chi connectivity index (χ1) is 9.04. The zero-order chi connectivity index (χ0) is 14.0. The van der Waals surface area contributed by atoms with Gasteiger partial charge in [-0.1, -0.05) is 30.7 Å². The van der Waals surface area contributed by atoms with Crippen molar-refractivity contribution in [2.24, 2.45) is 0 Å². The van der Waals surface area contributed by atoms with Crippen LogP contribution in [0, 0.1) is 0 Å². The second-order valence-corrected chi connectivity index (χ2v) is 5.42. The van der Waals surface area contributed by atoms with Crippen LogP contribution in [0.15, 0.2) is 24.3 Å². The van der Waals surface area contributed by atoms with Gasteiger partial charge in [0.2, 0.25) is 0 Å². The maximum absolute atomic E-state index is 6.27. The Balaban J connectivity index is 2.52. The Bertz CT molecular complexity index is 556. The topological polar surface area (TPSA) is 43.8 Å². The predicted octanol–water partition coefficient (Wildman–Crippen LogP) is 4.32. The van der Waals surface area contributed by atoms with Crippen LogP contribution in [0.3, 0.4) is 0 Å². The molecule has 0 aliphatic heterocycles. The van der Waals surface area contributed by atoms with Crippen molar-refractivity contribution in [1.82, 2.24) is 9.55 Å². The van der Waals surface area contributed by atoms with Gasteiger partial charge in [-0.05, 0) is 32.4 Å². The first-order valence-electron chi connectivity index (χ1n) is 6.67. The molecule has 0 radical (unpaired) electrons. The van der Waals surface area contributed by atoms with E-state index in [1.54, 1.807) is 0 Å². The molecule has 0 atom stereocenters. The van der Waals surface area contributed by atoms with Crippen molar-refractivity contribution in [1.29, 1.82) is 0 Å². The van der Waals surface area contributed by atoms with E-state index in [9.17, 15) is 0 Å². The summed E-state index contributed by atoms with van der Waals surface area (Å²) >= 11 is 5.92. The molecule has 0 amide bonds. The minimum Gasteiger partial charge on any atom is -0.383 e. The molecule has 0 aliphatic rings. The Kier molecular flexibility index (Phi) is 4.15. The third kappa shape index (κ3) is 2.76. The van der Waals surface area contributed by atoms with Crippen molar-refractivity contribution in [3.05, 3.63) is 35.1 Å². The molecule has 19 heavy (non-hydrogen) atoms. The van der Waals surface area contributed by atoms with Crippen molar-refractivity contribution in [2.45, 2.75) is 39.7 Å². The minimum absolute atomic E-state index is 0.315. The van der Waals surface area contributed by atoms with Crippen LogP contribution in [0.1, 0.15) is 39.1 Å². The molecule has 4 heteroatoms. The quantitative estimate of drug-likeness (QED) is 0.904. The summed E-state index contributed by atoms with van der Waals surface area (Å²) < 4.78 is 2.12. The summed E-state index contributed by atoms with van der Waals surface area (Å²) in [6.07, 6.45) is 2.00. The summed E-state index contributed by atoms with van der Waals surface area (Å²) in [6, 6.07) is 7.96. The van der Waals surface area contributed by atoms with E-state index in [2.05, 4.69) is 25.3 Å². The van der Waals surface area contributed by atoms with Gasteiger partial charge in [-0.25, -0.2) is 4.98 Å². The SMILES string of the molecule is CCCc1nc(-c2ccc(Cl)cc2)c(N)n1C(C)C. The number of nitrogens with zero attached hydrogens (tertiary/aromatic N) is 2. The van der Waals surface area contributed by atoms with Crippen molar-refractivity contribution in [3.63, 3.8) is 0 Å². The average molecular weight is 278 g/mol. The number of hydrogen-bond donors (Lipinski definition) is 1. The maximum Gasteiger partial charge on any atom is 0.131 e. The smallest absolute Gasteiger partial charge is 0.131 e. The molecule has 2 N–H and O–H groups in total. The lowest BCUT2D eigenvalue weighted by molar-refractivity contribution is 0.571. The number of nitrogens with two attached hydrogens (primary N) is 1. The fourth-order valence-electron chi connectivity index (χ4n) is 2.29. The van der Waals surface area contributed by atoms with E-state index in [-0.39, 0.29) is 0 Å². The average Bonchev–Trinajstić information content (AvgIpc) is 2.68. The van der Waals surface area contributed by atoms with Gasteiger partial charge >= 0.3 is 0 Å². The van der Waals surface area contributed by atoms with Crippen molar-refractivity contribution in [2.75, 3.05) is 5.73 Å². The van der Waals surface area contributed by atoms with Crippen LogP contribution in [0.5, 0.6) is 0 Å². The number of nitrogen functional groups attached to an aromatic ring is 1. The zero-order valence-corrected chi connectivity index (χ0v) is 12.4. The molecule has 0 bridgehead atoms. The minimum atomic E-state index is 0.315. The highest BCUT2D eigenvalue weighted by atomic mass is 35.5. The molecule has 1 aromatic carbocycles. The van der Waals surface area contributed by atoms with Gasteiger partial charge in [0.05, 0.1) is 0 Å². The number of anilines is 1. The van der Waals surface area contributed by atoms with E-state index in [4.69, 9.17) is 22.3 Å². The van der Waals surface area contributed by atoms with E-state index >= 15 is 0 Å². The number of halogens is 1. The van der Waals surface area contributed by atoms with Gasteiger partial charge in [-0.15, -0.1) is 0 Å². The number of hydrogen-bond acceptors (Lipinski definition) is 2. The lowest BCUT2D eigenvalue weighted by atomic mass is 10.1. The fourth-order valence-corrected chi connectivity index (χ4v) is 2.42. The second kappa shape index (κ2) is 5.66. The molecule has 3 nitrogen and oxygen atoms in total. The van der Waals surface area contributed by atoms with Crippen molar-refractivity contribution in [3.8, 4) is 11.3 Å². The monoisotopic (exact) mass is 277 g/mol. The summed E-state index contributed by atoms with van der Waals surface area (Å²) in [5, 5.41) is 0.722. The third-order valence-corrected chi connectivity index (χ3v) is 3.38. The summed E-state index contributed by atoms with van der Waals surface area (Å²) in [5.74, 6) is 1.79. The number of rotatable bonds is 4. The lowest BCUT2D eigenvalue weighted by Gasteiger charge is -2.13. The molecule has 1 aromatic heterocycles. The molecule has 0 spiro atoms. The van der Waals surface area contributed by atoms with Gasteiger partial charge in [0.15, 0.2) is 0 Å². The van der Waals surface area contributed by atoms with Gasteiger partial charge in [0.25, 0.3) is 0 Å². The fraction of sp³-hybridized carbons (Fsp3) is 0.400. The van der Waals surface area contributed by atoms with Gasteiger partial charge in [0, 0.05) is 23.0 Å². The number of aryl methyl sites for hydroxylation is 1. The Morgan fingerprint density at radius 1 is 1.26 bits per heavy atom. The lowest BCUT2D eigenvalue weighted by Crippen LogP contribution is -2.09. The van der Waals surface area contributed by atoms with Crippen LogP contribution in [0.4, 0.5) is 5.82 Å². The number of benzene rings is 1. The second-order valence-electron chi connectivity index (χ2n) is 4.98. The van der Waals surface area contributed by atoms with Gasteiger partial charge < -0.3 is 10.3 Å². The Morgan fingerprint density at radius 2 is 1.89 bits per heavy atom. The predicted molar refractivity (Wildman–Crippen MR) is 81.5 cm³/mol. The Labute approximate surface area is 119 Å². The molecular formula is C15H20ClN3. The molecule has 2 rings (SSSR count). The van der Waals surface area contributed by atoms with Crippen LogP contribution >= 0.6 is 11.6 Å². The van der Waals surface area contributed by atoms with Gasteiger partial charge in [0.1, 0.15) is 17.3 Å². The molecule has 0 unspecified atom stereocenters. The summed E-state index contributed by atoms with van der Waals surface area (Å²) in [5.41, 5.74) is 8.14. The molecule has 0 aliphatic carbocycles. The summed E-state index contributed by atoms with van der Waals surface area (Å²) in [4.78, 5) is 4.72. The Morgan fingerprint density at radius 3 is 2.42 bits per heavy atom. The van der Waals surface area contributed by atoms with E-state index in [1.807, 2.05) is 24.3 Å². The number of imidazole rings is 1. The highest BCUT2D eigenvalue weighted by Gasteiger charge is 2.17. The van der Waals surface area contributed by atoms with Crippen molar-refractivity contribution >= 4 is 17.4 Å². The molecule has 0 fully saturated rings. The molecule has 2 aromatic rings. The zero-order valence-electron chi connectivity index (χ0n) is 11.7. The third-order valence-electron chi connectivity index (χ3n) is 3.13. The van der Waals surface area contributed by atoms with Crippen LogP contribution in [-0.2, 0) is 6.42 Å². The number of aromatic nitrogens is 2. The maximum atomic E-state index is 6.27. The molecular weight excluding hydrogens is 258 g/mol. The highest BCUT2D eigenvalue weighted by molar-refractivity contribution is 6.30. The van der Waals surface area contributed by atoms with Crippen LogP contribution in [0.25, 0.3) is 11.3 Å². The highest BCUT2D eigenvalue weighted by Crippen LogP contribution is 2.30. The van der Waals surface area contributed by atoms with E-state index in [0.717, 1.165) is 40.8 Å². The van der Waals surface area contributed by atoms with E-state index in [0.29, 0.717) is 6.04 Å². The van der Waals surface area contributed by atoms with Crippen LogP contribution in [-0.4, -0.2) is 9.55 Å². The molecule has 0 saturated heterocycles. The van der Waals surface area contributed by atoms with Gasteiger partial charge in [-0.2, -0.15) is 0 Å². The van der Waals surface area contributed by atoms with Crippen molar-refractivity contribution < 1.29 is 0 Å². The molecule has 1 heterocycles. The first kappa shape index (κ1) is 13.9. The normalized spacial score (nSPS) is 11.2. The first-order valence-corrected chi connectivity index (χ1v) is 7.04. The molecule has 102 valence electrons. The summed E-state index contributed by atoms with van der Waals surface area (Å²) in [6.45, 7) is 6.41. The largest absolute Gasteiger partial charge is 0.383 e. The van der Waals surface area contributed by atoms with Crippen LogP contribution < -0.4 is 5.73 Å². The van der Waals surface area contributed by atoms with E-state index in [1.165, 1.54) is 0 Å². The molecule has 0 saturated carbocycles. The summed E-state index contributed by atoms with van der Waals surface area (Å²) in [7, 11) is 0. The van der Waals surface area contributed by atoms with E-state index < -0.39 is 0 Å². The van der Waals surface area contributed by atoms with Gasteiger partial charge in [-0.3, -0.25) is 0 Å². The Hall–Kier alpha value is -1.48. The van der Waals surface area contributed by atoms with Crippen LogP contribution in [0.2, 0.25) is 5.02 Å². The standard InChI is InChI=1S/C15H20ClN3/c1-4-5-13-18-14(15(17)19(13)10(2)3)11-6-8-12(16)9-7-11/h6-10H,4-5,17H2,1-3H3.